The van der Waals surface area contributed by atoms with Crippen molar-refractivity contribution in [1.82, 2.24) is 9.78 Å². The molecule has 0 aliphatic carbocycles. The maximum atomic E-state index is 10.3. The Bertz CT molecular complexity index is 366. The maximum absolute atomic E-state index is 10.3. The zero-order valence-corrected chi connectivity index (χ0v) is 11.4. The summed E-state index contributed by atoms with van der Waals surface area (Å²) in [7, 11) is 3.16. The Morgan fingerprint density at radius 3 is 2.71 bits per heavy atom. The van der Waals surface area contributed by atoms with Crippen molar-refractivity contribution in [2.75, 3.05) is 20.8 Å². The molecule has 1 unspecified atom stereocenters. The normalized spacial score (nSPS) is 14.0. The highest BCUT2D eigenvalue weighted by Gasteiger charge is 2.33. The first kappa shape index (κ1) is 14.4. The number of hydrogen-bond acceptors (Lipinski definition) is 4. The number of nitrogens with zero attached hydrogens (tertiary/aromatic N) is 2. The number of aromatic nitrogens is 2. The van der Waals surface area contributed by atoms with Crippen LogP contribution < -0.4 is 0 Å². The van der Waals surface area contributed by atoms with E-state index in [2.05, 4.69) is 5.10 Å². The van der Waals surface area contributed by atoms with Crippen LogP contribution in [-0.4, -0.2) is 41.3 Å². The van der Waals surface area contributed by atoms with Crippen LogP contribution in [0.3, 0.4) is 0 Å². The van der Waals surface area contributed by atoms with Gasteiger partial charge in [0.2, 0.25) is 0 Å². The molecule has 0 fully saturated rings. The molecule has 0 aliphatic rings. The van der Waals surface area contributed by atoms with Gasteiger partial charge in [-0.3, -0.25) is 4.68 Å². The fraction of sp³-hybridized carbons (Fsp3) is 0.727. The minimum absolute atomic E-state index is 0.429. The largest absolute Gasteiger partial charge is 0.384 e. The average Bonchev–Trinajstić information content (AvgIpc) is 2.66. The summed E-state index contributed by atoms with van der Waals surface area (Å²) >= 11 is 6.04. The zero-order valence-electron chi connectivity index (χ0n) is 10.6. The molecule has 6 heteroatoms. The summed E-state index contributed by atoms with van der Waals surface area (Å²) in [5.41, 5.74) is -0.176. The quantitative estimate of drug-likeness (QED) is 0.847. The zero-order chi connectivity index (χ0) is 13.1. The number of rotatable bonds is 6. The van der Waals surface area contributed by atoms with Crippen molar-refractivity contribution in [1.29, 1.82) is 0 Å². The van der Waals surface area contributed by atoms with E-state index in [4.69, 9.17) is 21.1 Å². The molecule has 0 aromatic carbocycles. The molecule has 1 N–H and O–H groups in total. The van der Waals surface area contributed by atoms with E-state index in [9.17, 15) is 5.11 Å². The Kier molecular flexibility index (Phi) is 4.94. The van der Waals surface area contributed by atoms with Gasteiger partial charge in [0.15, 0.2) is 0 Å². The molecular formula is C11H19ClN2O3. The molecule has 0 spiro atoms. The molecule has 1 aromatic heterocycles. The summed E-state index contributed by atoms with van der Waals surface area (Å²) in [6, 6.07) is 0. The minimum Gasteiger partial charge on any atom is -0.384 e. The van der Waals surface area contributed by atoms with Gasteiger partial charge in [-0.1, -0.05) is 11.6 Å². The summed E-state index contributed by atoms with van der Waals surface area (Å²) < 4.78 is 11.9. The molecule has 0 saturated carbocycles. The van der Waals surface area contributed by atoms with E-state index in [1.54, 1.807) is 32.7 Å². The molecule has 0 amide bonds. The van der Waals surface area contributed by atoms with Crippen molar-refractivity contribution < 1.29 is 14.6 Å². The van der Waals surface area contributed by atoms with Gasteiger partial charge >= 0.3 is 0 Å². The third-order valence-electron chi connectivity index (χ3n) is 2.78. The molecule has 1 heterocycles. The van der Waals surface area contributed by atoms with Crippen LogP contribution in [0, 0.1) is 0 Å². The van der Waals surface area contributed by atoms with Crippen molar-refractivity contribution in [3.63, 3.8) is 0 Å². The van der Waals surface area contributed by atoms with Gasteiger partial charge in [0.05, 0.1) is 35.7 Å². The van der Waals surface area contributed by atoms with Gasteiger partial charge < -0.3 is 14.6 Å². The van der Waals surface area contributed by atoms with Gasteiger partial charge in [0, 0.05) is 14.2 Å². The molecule has 98 valence electrons. The summed E-state index contributed by atoms with van der Waals surface area (Å²) in [5.74, 6) is 0. The Hall–Kier alpha value is -0.620. The number of methoxy groups -OCH3 is 2. The number of aliphatic hydroxyl groups is 1. The third-order valence-corrected chi connectivity index (χ3v) is 3.08. The highest BCUT2D eigenvalue weighted by molar-refractivity contribution is 6.31. The van der Waals surface area contributed by atoms with Gasteiger partial charge in [0.25, 0.3) is 0 Å². The molecule has 5 nitrogen and oxygen atoms in total. The van der Waals surface area contributed by atoms with Crippen molar-refractivity contribution >= 4 is 11.6 Å². The van der Waals surface area contributed by atoms with Gasteiger partial charge in [-0.2, -0.15) is 5.10 Å². The lowest BCUT2D eigenvalue weighted by molar-refractivity contribution is -0.0828. The summed E-state index contributed by atoms with van der Waals surface area (Å²) in [6.07, 6.45) is 0.668. The van der Waals surface area contributed by atoms with Crippen molar-refractivity contribution in [2.45, 2.75) is 32.1 Å². The second kappa shape index (κ2) is 5.82. The van der Waals surface area contributed by atoms with Crippen molar-refractivity contribution in [3.8, 4) is 0 Å². The number of aliphatic hydroxyl groups excluding tert-OH is 1. The lowest BCUT2D eigenvalue weighted by Crippen LogP contribution is -2.33. The standard InChI is InChI=1S/C11H19ClN2O3/c1-11(2,17-4)10(15)9-8(12)7-13-14(9)5-6-16-3/h7,10,15H,5-6H2,1-4H3. The molecule has 0 aliphatic heterocycles. The Labute approximate surface area is 106 Å². The summed E-state index contributed by atoms with van der Waals surface area (Å²) in [5, 5.41) is 14.8. The fourth-order valence-electron chi connectivity index (χ4n) is 1.44. The van der Waals surface area contributed by atoms with Crippen LogP contribution in [0.15, 0.2) is 6.20 Å². The molecule has 0 saturated heterocycles. The second-order valence-corrected chi connectivity index (χ2v) is 4.71. The Morgan fingerprint density at radius 2 is 2.18 bits per heavy atom. The van der Waals surface area contributed by atoms with E-state index in [0.717, 1.165) is 0 Å². The van der Waals surface area contributed by atoms with E-state index in [1.165, 1.54) is 6.20 Å². The fourth-order valence-corrected chi connectivity index (χ4v) is 1.69. The van der Waals surface area contributed by atoms with E-state index in [1.807, 2.05) is 0 Å². The van der Waals surface area contributed by atoms with Gasteiger partial charge in [-0.25, -0.2) is 0 Å². The second-order valence-electron chi connectivity index (χ2n) is 4.30. The van der Waals surface area contributed by atoms with E-state index < -0.39 is 11.7 Å². The molecule has 1 atom stereocenters. The number of hydrogen-bond donors (Lipinski definition) is 1. The minimum atomic E-state index is -0.848. The van der Waals surface area contributed by atoms with Crippen LogP contribution in [0.4, 0.5) is 0 Å². The highest BCUT2D eigenvalue weighted by Crippen LogP contribution is 2.32. The molecule has 1 rings (SSSR count). The van der Waals surface area contributed by atoms with Crippen LogP contribution in [0.2, 0.25) is 5.02 Å². The smallest absolute Gasteiger partial charge is 0.125 e. The van der Waals surface area contributed by atoms with Crippen molar-refractivity contribution in [2.24, 2.45) is 0 Å². The van der Waals surface area contributed by atoms with Crippen LogP contribution in [0.1, 0.15) is 25.6 Å². The number of halogens is 1. The molecule has 1 aromatic rings. The van der Waals surface area contributed by atoms with Crippen LogP contribution in [-0.2, 0) is 16.0 Å². The van der Waals surface area contributed by atoms with Crippen LogP contribution >= 0.6 is 11.6 Å². The summed E-state index contributed by atoms with van der Waals surface area (Å²) in [4.78, 5) is 0. The first-order valence-electron chi connectivity index (χ1n) is 5.37. The van der Waals surface area contributed by atoms with Gasteiger partial charge in [-0.05, 0) is 13.8 Å². The molecule has 17 heavy (non-hydrogen) atoms. The van der Waals surface area contributed by atoms with E-state index in [0.29, 0.717) is 23.9 Å². The maximum Gasteiger partial charge on any atom is 0.125 e. The van der Waals surface area contributed by atoms with E-state index >= 15 is 0 Å². The summed E-state index contributed by atoms with van der Waals surface area (Å²) in [6.45, 7) is 4.63. The molecule has 0 radical (unpaired) electrons. The topological polar surface area (TPSA) is 56.5 Å². The molecular weight excluding hydrogens is 244 g/mol. The Balaban J connectivity index is 2.99. The number of ether oxygens (including phenoxy) is 2. The molecule has 0 bridgehead atoms. The van der Waals surface area contributed by atoms with Gasteiger partial charge in [0.1, 0.15) is 6.10 Å². The van der Waals surface area contributed by atoms with Crippen LogP contribution in [0.25, 0.3) is 0 Å². The lowest BCUT2D eigenvalue weighted by atomic mass is 9.98. The highest BCUT2D eigenvalue weighted by atomic mass is 35.5. The van der Waals surface area contributed by atoms with E-state index in [-0.39, 0.29) is 0 Å². The first-order chi connectivity index (χ1) is 7.94. The monoisotopic (exact) mass is 262 g/mol. The van der Waals surface area contributed by atoms with Gasteiger partial charge in [-0.15, -0.1) is 0 Å². The Morgan fingerprint density at radius 1 is 1.53 bits per heavy atom. The SMILES string of the molecule is COCCn1ncc(Cl)c1C(O)C(C)(C)OC. The average molecular weight is 263 g/mol. The predicted octanol–water partition coefficient (Wildman–Crippen LogP) is 1.64. The predicted molar refractivity (Wildman–Crippen MR) is 65.2 cm³/mol. The third kappa shape index (κ3) is 3.19. The lowest BCUT2D eigenvalue weighted by Gasteiger charge is -2.29. The van der Waals surface area contributed by atoms with Crippen molar-refractivity contribution in [3.05, 3.63) is 16.9 Å². The van der Waals surface area contributed by atoms with Crippen LogP contribution in [0.5, 0.6) is 0 Å². The first-order valence-corrected chi connectivity index (χ1v) is 5.75.